The number of carboxylic acid groups (broad SMARTS) is 1. The van der Waals surface area contributed by atoms with Crippen molar-refractivity contribution >= 4 is 12.0 Å². The van der Waals surface area contributed by atoms with Crippen molar-refractivity contribution in [2.45, 2.75) is 57.5 Å². The van der Waals surface area contributed by atoms with Crippen LogP contribution in [0.3, 0.4) is 0 Å². The first-order chi connectivity index (χ1) is 7.59. The van der Waals surface area contributed by atoms with Gasteiger partial charge in [0, 0.05) is 6.04 Å². The first kappa shape index (κ1) is 12.8. The summed E-state index contributed by atoms with van der Waals surface area (Å²) in [7, 11) is 0. The standard InChI is InChI=1S/C11H20N2O3/c1-8(10(14)15)12-11(16)13-9-6-4-2-3-5-7-9/h8-9H,2-7H2,1H3,(H,14,15)(H2,12,13,16)/t8-/m1/s1. The molecule has 16 heavy (non-hydrogen) atoms. The van der Waals surface area contributed by atoms with E-state index >= 15 is 0 Å². The van der Waals surface area contributed by atoms with Crippen molar-refractivity contribution in [3.05, 3.63) is 0 Å². The third kappa shape index (κ3) is 4.51. The van der Waals surface area contributed by atoms with Gasteiger partial charge in [-0.3, -0.25) is 4.79 Å². The van der Waals surface area contributed by atoms with Crippen LogP contribution < -0.4 is 10.6 Å². The average molecular weight is 228 g/mol. The lowest BCUT2D eigenvalue weighted by atomic mass is 10.1. The highest BCUT2D eigenvalue weighted by atomic mass is 16.4. The molecular formula is C11H20N2O3. The normalized spacial score (nSPS) is 19.6. The molecule has 3 N–H and O–H groups in total. The van der Waals surface area contributed by atoms with Crippen LogP contribution in [0.25, 0.3) is 0 Å². The third-order valence-electron chi connectivity index (χ3n) is 2.91. The number of carboxylic acids is 1. The van der Waals surface area contributed by atoms with Crippen molar-refractivity contribution in [1.82, 2.24) is 10.6 Å². The summed E-state index contributed by atoms with van der Waals surface area (Å²) in [6.45, 7) is 1.45. The predicted molar refractivity (Wildman–Crippen MR) is 60.3 cm³/mol. The average Bonchev–Trinajstić information content (AvgIpc) is 2.45. The number of amides is 2. The molecule has 0 bridgehead atoms. The van der Waals surface area contributed by atoms with E-state index < -0.39 is 12.0 Å². The smallest absolute Gasteiger partial charge is 0.325 e. The Morgan fingerprint density at radius 1 is 1.19 bits per heavy atom. The molecule has 0 unspecified atom stereocenters. The molecule has 0 aliphatic heterocycles. The lowest BCUT2D eigenvalue weighted by molar-refractivity contribution is -0.138. The van der Waals surface area contributed by atoms with E-state index in [0.29, 0.717) is 0 Å². The van der Waals surface area contributed by atoms with E-state index in [9.17, 15) is 9.59 Å². The predicted octanol–water partition coefficient (Wildman–Crippen LogP) is 1.48. The minimum Gasteiger partial charge on any atom is -0.480 e. The van der Waals surface area contributed by atoms with Crippen molar-refractivity contribution in [3.8, 4) is 0 Å². The van der Waals surface area contributed by atoms with E-state index in [1.165, 1.54) is 19.8 Å². The first-order valence-electron chi connectivity index (χ1n) is 5.89. The zero-order valence-corrected chi connectivity index (χ0v) is 9.66. The third-order valence-corrected chi connectivity index (χ3v) is 2.91. The Balaban J connectivity index is 2.29. The summed E-state index contributed by atoms with van der Waals surface area (Å²) in [5, 5.41) is 13.9. The van der Waals surface area contributed by atoms with Gasteiger partial charge in [-0.05, 0) is 19.8 Å². The monoisotopic (exact) mass is 228 g/mol. The molecule has 92 valence electrons. The van der Waals surface area contributed by atoms with Gasteiger partial charge in [-0.15, -0.1) is 0 Å². The quantitative estimate of drug-likeness (QED) is 0.640. The largest absolute Gasteiger partial charge is 0.480 e. The molecule has 0 heterocycles. The Bertz CT molecular complexity index is 248. The summed E-state index contributed by atoms with van der Waals surface area (Å²) >= 11 is 0. The van der Waals surface area contributed by atoms with E-state index in [0.717, 1.165) is 25.7 Å². The molecule has 2 amide bonds. The fourth-order valence-corrected chi connectivity index (χ4v) is 1.91. The highest BCUT2D eigenvalue weighted by Crippen LogP contribution is 2.16. The molecule has 0 spiro atoms. The second-order valence-corrected chi connectivity index (χ2v) is 4.37. The van der Waals surface area contributed by atoms with E-state index in [2.05, 4.69) is 10.6 Å². The summed E-state index contributed by atoms with van der Waals surface area (Å²) < 4.78 is 0. The van der Waals surface area contributed by atoms with Crippen LogP contribution in [0.1, 0.15) is 45.4 Å². The molecule has 0 aromatic heterocycles. The Labute approximate surface area is 95.6 Å². The van der Waals surface area contributed by atoms with Gasteiger partial charge >= 0.3 is 12.0 Å². The van der Waals surface area contributed by atoms with Crippen LogP contribution in [-0.2, 0) is 4.79 Å². The van der Waals surface area contributed by atoms with Gasteiger partial charge in [0.05, 0.1) is 0 Å². The van der Waals surface area contributed by atoms with Gasteiger partial charge in [-0.1, -0.05) is 25.7 Å². The number of hydrogen-bond donors (Lipinski definition) is 3. The Hall–Kier alpha value is -1.26. The number of carbonyl (C=O) groups is 2. The summed E-state index contributed by atoms with van der Waals surface area (Å²) in [5.41, 5.74) is 0. The number of rotatable bonds is 3. The molecule has 5 nitrogen and oxygen atoms in total. The van der Waals surface area contributed by atoms with E-state index in [4.69, 9.17) is 5.11 Å². The van der Waals surface area contributed by atoms with E-state index in [-0.39, 0.29) is 12.1 Å². The SMILES string of the molecule is C[C@@H](NC(=O)NC1CCCCCC1)C(=O)O. The lowest BCUT2D eigenvalue weighted by Crippen LogP contribution is -2.47. The topological polar surface area (TPSA) is 78.4 Å². The molecule has 0 radical (unpaired) electrons. The summed E-state index contributed by atoms with van der Waals surface area (Å²) in [5.74, 6) is -1.02. The molecule has 1 atom stereocenters. The zero-order valence-electron chi connectivity index (χ0n) is 9.66. The lowest BCUT2D eigenvalue weighted by Gasteiger charge is -2.18. The molecule has 1 fully saturated rings. The molecule has 0 aromatic carbocycles. The molecule has 0 aromatic rings. The van der Waals surface area contributed by atoms with Gasteiger partial charge < -0.3 is 15.7 Å². The van der Waals surface area contributed by atoms with Crippen molar-refractivity contribution in [2.24, 2.45) is 0 Å². The summed E-state index contributed by atoms with van der Waals surface area (Å²) in [4.78, 5) is 22.0. The van der Waals surface area contributed by atoms with Crippen molar-refractivity contribution < 1.29 is 14.7 Å². The second-order valence-electron chi connectivity index (χ2n) is 4.37. The molecule has 0 saturated heterocycles. The van der Waals surface area contributed by atoms with Crippen molar-refractivity contribution in [1.29, 1.82) is 0 Å². The molecule has 1 aliphatic rings. The maximum absolute atomic E-state index is 11.5. The molecule has 1 rings (SSSR count). The number of urea groups is 1. The van der Waals surface area contributed by atoms with Crippen LogP contribution in [0.5, 0.6) is 0 Å². The van der Waals surface area contributed by atoms with Crippen molar-refractivity contribution in [3.63, 3.8) is 0 Å². The number of aliphatic carboxylic acids is 1. The summed E-state index contributed by atoms with van der Waals surface area (Å²) in [6.07, 6.45) is 6.72. The van der Waals surface area contributed by atoms with Crippen LogP contribution in [-0.4, -0.2) is 29.2 Å². The Morgan fingerprint density at radius 3 is 2.25 bits per heavy atom. The molecule has 1 aliphatic carbocycles. The van der Waals surface area contributed by atoms with Gasteiger partial charge in [0.15, 0.2) is 0 Å². The van der Waals surface area contributed by atoms with Gasteiger partial charge in [-0.2, -0.15) is 0 Å². The van der Waals surface area contributed by atoms with Gasteiger partial charge in [0.25, 0.3) is 0 Å². The molecule has 5 heteroatoms. The van der Waals surface area contributed by atoms with E-state index in [1.54, 1.807) is 0 Å². The fourth-order valence-electron chi connectivity index (χ4n) is 1.91. The number of hydrogen-bond acceptors (Lipinski definition) is 2. The number of carbonyl (C=O) groups excluding carboxylic acids is 1. The highest BCUT2D eigenvalue weighted by molar-refractivity contribution is 5.82. The van der Waals surface area contributed by atoms with Gasteiger partial charge in [0.1, 0.15) is 6.04 Å². The maximum atomic E-state index is 11.5. The van der Waals surface area contributed by atoms with Crippen LogP contribution in [0.4, 0.5) is 4.79 Å². The van der Waals surface area contributed by atoms with Gasteiger partial charge in [-0.25, -0.2) is 4.79 Å². The Morgan fingerprint density at radius 2 is 1.75 bits per heavy atom. The van der Waals surface area contributed by atoms with Gasteiger partial charge in [0.2, 0.25) is 0 Å². The highest BCUT2D eigenvalue weighted by Gasteiger charge is 2.17. The molecular weight excluding hydrogens is 208 g/mol. The minimum absolute atomic E-state index is 0.198. The molecule has 1 saturated carbocycles. The van der Waals surface area contributed by atoms with Crippen LogP contribution >= 0.6 is 0 Å². The second kappa shape index (κ2) is 6.35. The zero-order chi connectivity index (χ0) is 12.0. The summed E-state index contributed by atoms with van der Waals surface area (Å²) in [6, 6.07) is -1.02. The first-order valence-corrected chi connectivity index (χ1v) is 5.89. The van der Waals surface area contributed by atoms with E-state index in [1.807, 2.05) is 0 Å². The number of nitrogens with one attached hydrogen (secondary N) is 2. The fraction of sp³-hybridized carbons (Fsp3) is 0.818. The van der Waals surface area contributed by atoms with Crippen molar-refractivity contribution in [2.75, 3.05) is 0 Å². The maximum Gasteiger partial charge on any atom is 0.325 e. The van der Waals surface area contributed by atoms with Crippen LogP contribution in [0.15, 0.2) is 0 Å². The van der Waals surface area contributed by atoms with Crippen LogP contribution in [0, 0.1) is 0 Å². The minimum atomic E-state index is -1.02. The van der Waals surface area contributed by atoms with Crippen LogP contribution in [0.2, 0.25) is 0 Å². The Kier molecular flexibility index (Phi) is 5.08.